The number of halogens is 4. The van der Waals surface area contributed by atoms with Crippen LogP contribution < -0.4 is 0 Å². The van der Waals surface area contributed by atoms with Crippen molar-refractivity contribution in [1.82, 2.24) is 0 Å². The fourth-order valence-corrected chi connectivity index (χ4v) is 1.86. The first-order valence-electron chi connectivity index (χ1n) is 5.66. The zero-order chi connectivity index (χ0) is 15.7. The van der Waals surface area contributed by atoms with Crippen LogP contribution in [0.25, 0.3) is 0 Å². The second-order valence-corrected chi connectivity index (χ2v) is 4.23. The Balaban J connectivity index is 2.59. The third kappa shape index (κ3) is 2.87. The molecule has 0 radical (unpaired) electrons. The maximum atomic E-state index is 13.6. The van der Waals surface area contributed by atoms with Gasteiger partial charge in [-0.3, -0.25) is 0 Å². The van der Waals surface area contributed by atoms with Crippen molar-refractivity contribution in [3.63, 3.8) is 0 Å². The zero-order valence-electron chi connectivity index (χ0n) is 10.3. The Morgan fingerprint density at radius 2 is 1.52 bits per heavy atom. The molecule has 2 N–H and O–H groups in total. The van der Waals surface area contributed by atoms with Crippen molar-refractivity contribution in [2.24, 2.45) is 0 Å². The normalized spacial score (nSPS) is 12.2. The summed E-state index contributed by atoms with van der Waals surface area (Å²) in [7, 11) is 0. The second-order valence-electron chi connectivity index (χ2n) is 4.23. The summed E-state index contributed by atoms with van der Waals surface area (Å²) in [4.78, 5) is 11.0. The lowest BCUT2D eigenvalue weighted by molar-refractivity contribution is 0.0690. The smallest absolute Gasteiger partial charge is 0.336 e. The van der Waals surface area contributed by atoms with Gasteiger partial charge in [0.1, 0.15) is 17.7 Å². The summed E-state index contributed by atoms with van der Waals surface area (Å²) >= 11 is 0. The van der Waals surface area contributed by atoms with E-state index in [9.17, 15) is 27.5 Å². The highest BCUT2D eigenvalue weighted by Crippen LogP contribution is 2.29. The van der Waals surface area contributed by atoms with E-state index in [-0.39, 0.29) is 0 Å². The van der Waals surface area contributed by atoms with Crippen LogP contribution in [0.3, 0.4) is 0 Å². The summed E-state index contributed by atoms with van der Waals surface area (Å²) in [6.45, 7) is 0. The molecule has 0 saturated carbocycles. The maximum Gasteiger partial charge on any atom is 0.336 e. The predicted octanol–water partition coefficient (Wildman–Crippen LogP) is 3.02. The molecular formula is C14H8F4O3. The van der Waals surface area contributed by atoms with Gasteiger partial charge in [0, 0.05) is 17.2 Å². The first-order valence-corrected chi connectivity index (χ1v) is 5.66. The Morgan fingerprint density at radius 3 is 2.10 bits per heavy atom. The molecule has 1 unspecified atom stereocenters. The largest absolute Gasteiger partial charge is 0.478 e. The highest BCUT2D eigenvalue weighted by atomic mass is 19.2. The molecule has 0 saturated heterocycles. The van der Waals surface area contributed by atoms with Crippen LogP contribution in [0.5, 0.6) is 0 Å². The first kappa shape index (κ1) is 15.0. The molecule has 0 spiro atoms. The molecule has 7 heteroatoms. The number of carboxylic acids is 1. The molecule has 0 aliphatic carbocycles. The van der Waals surface area contributed by atoms with Crippen LogP contribution in [0.1, 0.15) is 27.6 Å². The van der Waals surface area contributed by atoms with E-state index in [2.05, 4.69) is 0 Å². The van der Waals surface area contributed by atoms with Crippen LogP contribution in [-0.2, 0) is 0 Å². The monoisotopic (exact) mass is 300 g/mol. The van der Waals surface area contributed by atoms with Crippen LogP contribution in [0.15, 0.2) is 30.3 Å². The molecule has 0 amide bonds. The predicted molar refractivity (Wildman–Crippen MR) is 63.7 cm³/mol. The summed E-state index contributed by atoms with van der Waals surface area (Å²) in [5.74, 6) is -6.46. The fourth-order valence-electron chi connectivity index (χ4n) is 1.86. The minimum Gasteiger partial charge on any atom is -0.478 e. The van der Waals surface area contributed by atoms with Crippen molar-refractivity contribution in [2.75, 3.05) is 0 Å². The van der Waals surface area contributed by atoms with Gasteiger partial charge in [0.2, 0.25) is 0 Å². The molecule has 0 aromatic heterocycles. The van der Waals surface area contributed by atoms with Gasteiger partial charge in [-0.25, -0.2) is 22.4 Å². The van der Waals surface area contributed by atoms with Gasteiger partial charge >= 0.3 is 5.97 Å². The van der Waals surface area contributed by atoms with E-state index < -0.39 is 52.0 Å². The van der Waals surface area contributed by atoms with Crippen LogP contribution >= 0.6 is 0 Å². The van der Waals surface area contributed by atoms with Gasteiger partial charge in [0.05, 0.1) is 5.56 Å². The molecule has 110 valence electrons. The van der Waals surface area contributed by atoms with Gasteiger partial charge in [0.15, 0.2) is 11.6 Å². The van der Waals surface area contributed by atoms with Crippen molar-refractivity contribution >= 4 is 5.97 Å². The number of hydrogen-bond donors (Lipinski definition) is 2. The molecule has 2 rings (SSSR count). The second kappa shape index (κ2) is 5.53. The highest BCUT2D eigenvalue weighted by molar-refractivity contribution is 5.89. The lowest BCUT2D eigenvalue weighted by atomic mass is 9.96. The average Bonchev–Trinajstić information content (AvgIpc) is 2.40. The molecule has 0 bridgehead atoms. The molecule has 3 nitrogen and oxygen atoms in total. The van der Waals surface area contributed by atoms with Crippen molar-refractivity contribution in [2.45, 2.75) is 6.10 Å². The summed E-state index contributed by atoms with van der Waals surface area (Å²) in [6, 6.07) is 3.08. The number of carbonyl (C=O) groups is 1. The number of carboxylic acid groups (broad SMARTS) is 1. The lowest BCUT2D eigenvalue weighted by Gasteiger charge is -2.15. The summed E-state index contributed by atoms with van der Waals surface area (Å²) in [5, 5.41) is 18.9. The van der Waals surface area contributed by atoms with Crippen LogP contribution in [0, 0.1) is 23.3 Å². The van der Waals surface area contributed by atoms with Crippen LogP contribution in [-0.4, -0.2) is 16.2 Å². The van der Waals surface area contributed by atoms with Gasteiger partial charge < -0.3 is 10.2 Å². The standard InChI is InChI=1S/C14H8F4O3/c15-6-1-2-7(10(16)3-6)13(19)8-4-11(17)12(18)5-9(8)14(20)21/h1-5,13,19H,(H,20,21). The van der Waals surface area contributed by atoms with E-state index >= 15 is 0 Å². The number of aliphatic hydroxyl groups excluding tert-OH is 1. The molecule has 2 aromatic rings. The molecule has 21 heavy (non-hydrogen) atoms. The van der Waals surface area contributed by atoms with Crippen LogP contribution in [0.2, 0.25) is 0 Å². The van der Waals surface area contributed by atoms with E-state index in [1.54, 1.807) is 0 Å². The number of benzene rings is 2. The van der Waals surface area contributed by atoms with Crippen molar-refractivity contribution in [3.05, 3.63) is 70.3 Å². The molecule has 0 fully saturated rings. The molecule has 1 atom stereocenters. The van der Waals surface area contributed by atoms with Gasteiger partial charge in [-0.2, -0.15) is 0 Å². The molecule has 2 aromatic carbocycles. The number of hydrogen-bond acceptors (Lipinski definition) is 2. The lowest BCUT2D eigenvalue weighted by Crippen LogP contribution is -2.11. The molecular weight excluding hydrogens is 292 g/mol. The number of aromatic carboxylic acids is 1. The van der Waals surface area contributed by atoms with Gasteiger partial charge in [-0.05, 0) is 18.2 Å². The fraction of sp³-hybridized carbons (Fsp3) is 0.0714. The van der Waals surface area contributed by atoms with Gasteiger partial charge in [-0.1, -0.05) is 6.07 Å². The van der Waals surface area contributed by atoms with Crippen molar-refractivity contribution in [3.8, 4) is 0 Å². The van der Waals surface area contributed by atoms with E-state index in [0.29, 0.717) is 18.2 Å². The molecule has 0 aliphatic rings. The van der Waals surface area contributed by atoms with E-state index in [4.69, 9.17) is 5.11 Å². The highest BCUT2D eigenvalue weighted by Gasteiger charge is 2.24. The Labute approximate surface area is 116 Å². The quantitative estimate of drug-likeness (QED) is 0.857. The van der Waals surface area contributed by atoms with Gasteiger partial charge in [0.25, 0.3) is 0 Å². The average molecular weight is 300 g/mol. The third-order valence-corrected chi connectivity index (χ3v) is 2.87. The number of aliphatic hydroxyl groups is 1. The minimum atomic E-state index is -1.88. The van der Waals surface area contributed by atoms with E-state index in [1.807, 2.05) is 0 Å². The Morgan fingerprint density at radius 1 is 0.905 bits per heavy atom. The summed E-state index contributed by atoms with van der Waals surface area (Å²) < 4.78 is 52.7. The zero-order valence-corrected chi connectivity index (χ0v) is 10.3. The Kier molecular flexibility index (Phi) is 3.95. The van der Waals surface area contributed by atoms with E-state index in [1.165, 1.54) is 0 Å². The Bertz CT molecular complexity index is 716. The number of rotatable bonds is 3. The molecule has 0 heterocycles. The summed E-state index contributed by atoms with van der Waals surface area (Å²) in [6.07, 6.45) is -1.88. The van der Waals surface area contributed by atoms with E-state index in [0.717, 1.165) is 12.1 Å². The van der Waals surface area contributed by atoms with Gasteiger partial charge in [-0.15, -0.1) is 0 Å². The first-order chi connectivity index (χ1) is 9.81. The third-order valence-electron chi connectivity index (χ3n) is 2.87. The Hall–Kier alpha value is -2.41. The summed E-state index contributed by atoms with van der Waals surface area (Å²) in [5.41, 5.74) is -1.71. The SMILES string of the molecule is O=C(O)c1cc(F)c(F)cc1C(O)c1ccc(F)cc1F. The minimum absolute atomic E-state index is 0.387. The van der Waals surface area contributed by atoms with Crippen molar-refractivity contribution in [1.29, 1.82) is 0 Å². The maximum absolute atomic E-state index is 13.6. The van der Waals surface area contributed by atoms with Crippen LogP contribution in [0.4, 0.5) is 17.6 Å². The van der Waals surface area contributed by atoms with Crippen molar-refractivity contribution < 1.29 is 32.6 Å². The topological polar surface area (TPSA) is 57.5 Å². The molecule has 0 aliphatic heterocycles.